The second kappa shape index (κ2) is 9.41. The summed E-state index contributed by atoms with van der Waals surface area (Å²) < 4.78 is 14.8. The fourth-order valence-corrected chi connectivity index (χ4v) is 4.38. The number of amides is 1. The highest BCUT2D eigenvalue weighted by molar-refractivity contribution is 7.99. The molecule has 5 rings (SSSR count). The van der Waals surface area contributed by atoms with Crippen molar-refractivity contribution in [2.75, 3.05) is 17.9 Å². The van der Waals surface area contributed by atoms with Crippen LogP contribution in [0.4, 0.5) is 5.69 Å². The molecule has 0 bridgehead atoms. The zero-order chi connectivity index (χ0) is 22.6. The number of aryl methyl sites for hydroxylation is 1. The average molecular weight is 462 g/mol. The van der Waals surface area contributed by atoms with Gasteiger partial charge in [-0.05, 0) is 29.8 Å². The van der Waals surface area contributed by atoms with Gasteiger partial charge < -0.3 is 23.9 Å². The van der Waals surface area contributed by atoms with Gasteiger partial charge in [0.2, 0.25) is 12.7 Å². The van der Waals surface area contributed by atoms with Gasteiger partial charge in [-0.1, -0.05) is 42.1 Å². The number of ether oxygens (including phenoxy) is 2. The molecule has 4 aromatic rings. The third-order valence-corrected chi connectivity index (χ3v) is 6.32. The van der Waals surface area contributed by atoms with Gasteiger partial charge in [0, 0.05) is 37.1 Å². The Balaban J connectivity index is 1.30. The normalized spacial score (nSPS) is 12.2. The van der Waals surface area contributed by atoms with Crippen molar-refractivity contribution in [1.29, 1.82) is 0 Å². The first kappa shape index (κ1) is 21.1. The van der Waals surface area contributed by atoms with E-state index in [-0.39, 0.29) is 18.5 Å². The third kappa shape index (κ3) is 4.88. The zero-order valence-corrected chi connectivity index (χ0v) is 18.9. The van der Waals surface area contributed by atoms with E-state index in [1.165, 1.54) is 11.8 Å². The van der Waals surface area contributed by atoms with Crippen LogP contribution in [0.25, 0.3) is 0 Å². The zero-order valence-electron chi connectivity index (χ0n) is 18.1. The van der Waals surface area contributed by atoms with Gasteiger partial charge in [-0.3, -0.25) is 4.79 Å². The number of hydrogen-bond donors (Lipinski definition) is 1. The highest BCUT2D eigenvalue weighted by atomic mass is 32.2. The minimum Gasteiger partial charge on any atom is -0.454 e. The number of nitrogens with one attached hydrogen (secondary N) is 1. The number of hydrogen-bond acceptors (Lipinski definition) is 6. The number of thioether (sulfide) groups is 1. The predicted octanol–water partition coefficient (Wildman–Crippen LogP) is 3.72. The SMILES string of the molecule is Cn1cccc1Cc1nnc(SCC(=O)Nc2ccc3c(c2)OCO3)n1Cc1ccccc1. The molecule has 1 amide bonds. The number of fused-ring (bicyclic) bond motifs is 1. The Morgan fingerprint density at radius 1 is 1.06 bits per heavy atom. The molecule has 0 atom stereocenters. The number of benzene rings is 2. The maximum absolute atomic E-state index is 12.6. The molecule has 3 heterocycles. The molecule has 2 aromatic carbocycles. The number of anilines is 1. The van der Waals surface area contributed by atoms with Crippen molar-refractivity contribution in [3.8, 4) is 11.5 Å². The quantitative estimate of drug-likeness (QED) is 0.403. The lowest BCUT2D eigenvalue weighted by atomic mass is 10.2. The van der Waals surface area contributed by atoms with Crippen LogP contribution < -0.4 is 14.8 Å². The van der Waals surface area contributed by atoms with Crippen LogP contribution >= 0.6 is 11.8 Å². The monoisotopic (exact) mass is 461 g/mol. The number of rotatable bonds is 8. The first-order valence-corrected chi connectivity index (χ1v) is 11.5. The van der Waals surface area contributed by atoms with Gasteiger partial charge in [0.05, 0.1) is 12.3 Å². The van der Waals surface area contributed by atoms with E-state index in [1.807, 2.05) is 37.5 Å². The number of carbonyl (C=O) groups excluding carboxylic acids is 1. The van der Waals surface area contributed by atoms with E-state index in [2.05, 4.69) is 42.8 Å². The van der Waals surface area contributed by atoms with Crippen LogP contribution in [0.2, 0.25) is 0 Å². The van der Waals surface area contributed by atoms with Crippen molar-refractivity contribution in [2.24, 2.45) is 7.05 Å². The van der Waals surface area contributed by atoms with Gasteiger partial charge in [-0.15, -0.1) is 10.2 Å². The smallest absolute Gasteiger partial charge is 0.234 e. The largest absolute Gasteiger partial charge is 0.454 e. The summed E-state index contributed by atoms with van der Waals surface area (Å²) in [6.45, 7) is 0.838. The van der Waals surface area contributed by atoms with Crippen molar-refractivity contribution < 1.29 is 14.3 Å². The van der Waals surface area contributed by atoms with Crippen LogP contribution in [0.3, 0.4) is 0 Å². The Bertz CT molecular complexity index is 1270. The van der Waals surface area contributed by atoms with Crippen LogP contribution in [0, 0.1) is 0 Å². The van der Waals surface area contributed by atoms with Gasteiger partial charge in [-0.2, -0.15) is 0 Å². The van der Waals surface area contributed by atoms with Gasteiger partial charge in [0.1, 0.15) is 5.82 Å². The lowest BCUT2D eigenvalue weighted by Gasteiger charge is -2.11. The average Bonchev–Trinajstić information content (AvgIpc) is 3.54. The Morgan fingerprint density at radius 3 is 2.73 bits per heavy atom. The first-order valence-electron chi connectivity index (χ1n) is 10.5. The minimum absolute atomic E-state index is 0.128. The summed E-state index contributed by atoms with van der Waals surface area (Å²) in [6.07, 6.45) is 2.68. The van der Waals surface area contributed by atoms with Crippen molar-refractivity contribution in [3.63, 3.8) is 0 Å². The molecule has 9 heteroatoms. The topological polar surface area (TPSA) is 83.2 Å². The molecule has 2 aromatic heterocycles. The summed E-state index contributed by atoms with van der Waals surface area (Å²) in [7, 11) is 2.02. The molecule has 0 saturated carbocycles. The van der Waals surface area contributed by atoms with Crippen molar-refractivity contribution in [1.82, 2.24) is 19.3 Å². The molecule has 168 valence electrons. The molecule has 0 aliphatic carbocycles. The molecule has 1 aliphatic heterocycles. The Morgan fingerprint density at radius 2 is 1.91 bits per heavy atom. The molecule has 8 nitrogen and oxygen atoms in total. The van der Waals surface area contributed by atoms with Crippen LogP contribution in [0.15, 0.2) is 72.0 Å². The molecule has 0 radical (unpaired) electrons. The first-order chi connectivity index (χ1) is 16.2. The van der Waals surface area contributed by atoms with Crippen LogP contribution in [-0.2, 0) is 24.8 Å². The Labute approximate surface area is 195 Å². The second-order valence-corrected chi connectivity index (χ2v) is 8.61. The summed E-state index contributed by atoms with van der Waals surface area (Å²) in [5.41, 5.74) is 2.96. The maximum atomic E-state index is 12.6. The highest BCUT2D eigenvalue weighted by Gasteiger charge is 2.17. The Hall–Kier alpha value is -3.72. The summed E-state index contributed by atoms with van der Waals surface area (Å²) in [6, 6.07) is 19.6. The van der Waals surface area contributed by atoms with E-state index in [0.717, 1.165) is 17.1 Å². The van der Waals surface area contributed by atoms with Gasteiger partial charge in [0.25, 0.3) is 0 Å². The fourth-order valence-electron chi connectivity index (χ4n) is 3.62. The van der Waals surface area contributed by atoms with Gasteiger partial charge in [0.15, 0.2) is 16.7 Å². The van der Waals surface area contributed by atoms with E-state index in [4.69, 9.17) is 9.47 Å². The van der Waals surface area contributed by atoms with Crippen LogP contribution in [-0.4, -0.2) is 37.8 Å². The number of aromatic nitrogens is 4. The van der Waals surface area contributed by atoms with Crippen molar-refractivity contribution in [3.05, 3.63) is 83.9 Å². The summed E-state index contributed by atoms with van der Waals surface area (Å²) in [5.74, 6) is 2.26. The minimum atomic E-state index is -0.128. The molecule has 33 heavy (non-hydrogen) atoms. The highest BCUT2D eigenvalue weighted by Crippen LogP contribution is 2.34. The van der Waals surface area contributed by atoms with Gasteiger partial charge in [-0.25, -0.2) is 0 Å². The lowest BCUT2D eigenvalue weighted by molar-refractivity contribution is -0.113. The van der Waals surface area contributed by atoms with E-state index < -0.39 is 0 Å². The molecule has 0 unspecified atom stereocenters. The molecular weight excluding hydrogens is 438 g/mol. The fraction of sp³-hybridized carbons (Fsp3) is 0.208. The summed E-state index contributed by atoms with van der Waals surface area (Å²) >= 11 is 1.37. The Kier molecular flexibility index (Phi) is 6.03. The third-order valence-electron chi connectivity index (χ3n) is 5.36. The number of carbonyl (C=O) groups is 1. The summed E-state index contributed by atoms with van der Waals surface area (Å²) in [4.78, 5) is 12.6. The standard InChI is InChI=1S/C24H23N5O3S/c1-28-11-5-8-19(28)13-22-26-27-24(29(22)14-17-6-3-2-4-7-17)33-15-23(30)25-18-9-10-20-21(12-18)32-16-31-20/h2-12H,13-16H2,1H3,(H,25,30). The number of nitrogens with zero attached hydrogens (tertiary/aromatic N) is 4. The van der Waals surface area contributed by atoms with E-state index >= 15 is 0 Å². The van der Waals surface area contributed by atoms with E-state index in [1.54, 1.807) is 18.2 Å². The molecular formula is C24H23N5O3S. The maximum Gasteiger partial charge on any atom is 0.234 e. The molecule has 0 fully saturated rings. The summed E-state index contributed by atoms with van der Waals surface area (Å²) in [5, 5.41) is 12.5. The van der Waals surface area contributed by atoms with E-state index in [9.17, 15) is 4.79 Å². The predicted molar refractivity (Wildman–Crippen MR) is 126 cm³/mol. The van der Waals surface area contributed by atoms with Gasteiger partial charge >= 0.3 is 0 Å². The van der Waals surface area contributed by atoms with Crippen molar-refractivity contribution in [2.45, 2.75) is 18.1 Å². The lowest BCUT2D eigenvalue weighted by Crippen LogP contribution is -2.15. The van der Waals surface area contributed by atoms with Crippen LogP contribution in [0.1, 0.15) is 17.1 Å². The molecule has 0 spiro atoms. The van der Waals surface area contributed by atoms with E-state index in [0.29, 0.717) is 35.3 Å². The van der Waals surface area contributed by atoms with Crippen LogP contribution in [0.5, 0.6) is 11.5 Å². The second-order valence-electron chi connectivity index (χ2n) is 7.66. The molecule has 0 saturated heterocycles. The molecule has 1 aliphatic rings. The molecule has 1 N–H and O–H groups in total. The van der Waals surface area contributed by atoms with Crippen molar-refractivity contribution >= 4 is 23.4 Å².